The minimum atomic E-state index is -0.303. The lowest BCUT2D eigenvalue weighted by Crippen LogP contribution is -2.43. The van der Waals surface area contributed by atoms with Gasteiger partial charge >= 0.3 is 0 Å². The normalized spacial score (nSPS) is 21.9. The van der Waals surface area contributed by atoms with Crippen LogP contribution in [0.1, 0.15) is 29.8 Å². The number of aromatic amines is 1. The van der Waals surface area contributed by atoms with E-state index in [9.17, 15) is 9.59 Å². The molecule has 2 N–H and O–H groups in total. The molecule has 1 aromatic carbocycles. The first-order valence-electron chi connectivity index (χ1n) is 8.39. The van der Waals surface area contributed by atoms with E-state index >= 15 is 0 Å². The van der Waals surface area contributed by atoms with Crippen LogP contribution in [-0.4, -0.2) is 46.0 Å². The molecule has 2 bridgehead atoms. The van der Waals surface area contributed by atoms with Gasteiger partial charge in [0.1, 0.15) is 5.69 Å². The molecule has 4 rings (SSSR count). The fraction of sp³-hybridized carbons (Fsp3) is 0.389. The molecular weight excluding hydrogens is 304 g/mol. The van der Waals surface area contributed by atoms with Crippen LogP contribution in [-0.2, 0) is 4.79 Å². The van der Waals surface area contributed by atoms with Crippen molar-refractivity contribution in [1.82, 2.24) is 20.4 Å². The molecule has 6 nitrogen and oxygen atoms in total. The monoisotopic (exact) mass is 324 g/mol. The minimum absolute atomic E-state index is 0.0124. The van der Waals surface area contributed by atoms with Crippen molar-refractivity contribution in [3.63, 3.8) is 0 Å². The number of nitrogens with zero attached hydrogens (tertiary/aromatic N) is 2. The summed E-state index contributed by atoms with van der Waals surface area (Å²) in [5.41, 5.74) is 2.02. The van der Waals surface area contributed by atoms with Gasteiger partial charge < -0.3 is 10.2 Å². The lowest BCUT2D eigenvalue weighted by Gasteiger charge is -2.27. The van der Waals surface area contributed by atoms with E-state index in [1.807, 2.05) is 35.2 Å². The molecule has 2 unspecified atom stereocenters. The third-order valence-electron chi connectivity index (χ3n) is 5.02. The highest BCUT2D eigenvalue weighted by molar-refractivity contribution is 5.95. The highest BCUT2D eigenvalue weighted by Gasteiger charge is 2.39. The van der Waals surface area contributed by atoms with Crippen LogP contribution in [0.5, 0.6) is 0 Å². The molecule has 1 saturated carbocycles. The number of benzene rings is 1. The van der Waals surface area contributed by atoms with Gasteiger partial charge in [-0.25, -0.2) is 0 Å². The Morgan fingerprint density at radius 1 is 1.25 bits per heavy atom. The number of carbonyl (C=O) groups is 2. The van der Waals surface area contributed by atoms with Crippen molar-refractivity contribution in [3.8, 4) is 11.3 Å². The van der Waals surface area contributed by atoms with Gasteiger partial charge in [-0.1, -0.05) is 30.3 Å². The molecule has 124 valence electrons. The predicted octanol–water partition coefficient (Wildman–Crippen LogP) is 1.82. The average Bonchev–Trinajstić information content (AvgIpc) is 3.36. The van der Waals surface area contributed by atoms with Crippen LogP contribution < -0.4 is 5.32 Å². The standard InChI is InChI=1S/C18H20N4O2/c23-17(22-11-12-6-7-14(22)8-12)10-19-18(24)16-9-15(20-21-16)13-4-2-1-3-5-13/h1-5,9,12,14H,6-8,10-11H2,(H,19,24)(H,20,21). The Morgan fingerprint density at radius 3 is 2.79 bits per heavy atom. The van der Waals surface area contributed by atoms with E-state index in [0.717, 1.165) is 24.9 Å². The largest absolute Gasteiger partial charge is 0.342 e. The average molecular weight is 324 g/mol. The molecule has 1 aromatic heterocycles. The maximum atomic E-state index is 12.3. The van der Waals surface area contributed by atoms with Gasteiger partial charge in [0.2, 0.25) is 5.91 Å². The van der Waals surface area contributed by atoms with Gasteiger partial charge in [-0.05, 0) is 31.2 Å². The van der Waals surface area contributed by atoms with E-state index < -0.39 is 0 Å². The van der Waals surface area contributed by atoms with E-state index in [1.165, 1.54) is 6.42 Å². The third kappa shape index (κ3) is 2.79. The van der Waals surface area contributed by atoms with Gasteiger partial charge in [-0.15, -0.1) is 0 Å². The van der Waals surface area contributed by atoms with Gasteiger partial charge in [0.25, 0.3) is 5.91 Å². The molecule has 2 atom stereocenters. The van der Waals surface area contributed by atoms with Gasteiger partial charge in [0, 0.05) is 18.2 Å². The molecule has 24 heavy (non-hydrogen) atoms. The van der Waals surface area contributed by atoms with Crippen molar-refractivity contribution in [1.29, 1.82) is 0 Å². The van der Waals surface area contributed by atoms with Crippen molar-refractivity contribution in [3.05, 3.63) is 42.1 Å². The van der Waals surface area contributed by atoms with Crippen molar-refractivity contribution in [2.75, 3.05) is 13.1 Å². The summed E-state index contributed by atoms with van der Waals surface area (Å²) >= 11 is 0. The highest BCUT2D eigenvalue weighted by Crippen LogP contribution is 2.37. The Kier molecular flexibility index (Phi) is 3.80. The van der Waals surface area contributed by atoms with Crippen LogP contribution in [0.2, 0.25) is 0 Å². The molecule has 1 aliphatic heterocycles. The number of amides is 2. The van der Waals surface area contributed by atoms with Crippen molar-refractivity contribution in [2.24, 2.45) is 5.92 Å². The summed E-state index contributed by atoms with van der Waals surface area (Å²) in [6.07, 6.45) is 3.46. The van der Waals surface area contributed by atoms with E-state index in [0.29, 0.717) is 23.3 Å². The molecule has 2 aromatic rings. The number of nitrogens with one attached hydrogen (secondary N) is 2. The number of likely N-dealkylation sites (tertiary alicyclic amines) is 1. The molecule has 0 spiro atoms. The zero-order valence-corrected chi connectivity index (χ0v) is 13.4. The highest BCUT2D eigenvalue weighted by atomic mass is 16.2. The second-order valence-corrected chi connectivity index (χ2v) is 6.59. The van der Waals surface area contributed by atoms with Crippen LogP contribution in [0.4, 0.5) is 0 Å². The first-order valence-corrected chi connectivity index (χ1v) is 8.39. The molecule has 0 radical (unpaired) electrons. The van der Waals surface area contributed by atoms with E-state index in [-0.39, 0.29) is 18.4 Å². The van der Waals surface area contributed by atoms with E-state index in [1.54, 1.807) is 6.07 Å². The minimum Gasteiger partial charge on any atom is -0.342 e. The molecule has 2 fully saturated rings. The second kappa shape index (κ2) is 6.11. The third-order valence-corrected chi connectivity index (χ3v) is 5.02. The lowest BCUT2D eigenvalue weighted by atomic mass is 10.1. The van der Waals surface area contributed by atoms with E-state index in [4.69, 9.17) is 0 Å². The number of H-pyrrole nitrogens is 1. The summed E-state index contributed by atoms with van der Waals surface area (Å²) in [7, 11) is 0. The number of carbonyl (C=O) groups excluding carboxylic acids is 2. The molecule has 1 saturated heterocycles. The SMILES string of the molecule is O=C(NCC(=O)N1CC2CCC1C2)c1cc(-c2ccccc2)n[nH]1. The topological polar surface area (TPSA) is 78.1 Å². The Bertz CT molecular complexity index is 755. The van der Waals surface area contributed by atoms with Crippen LogP contribution in [0.15, 0.2) is 36.4 Å². The Hall–Kier alpha value is -2.63. The Balaban J connectivity index is 1.35. The van der Waals surface area contributed by atoms with Gasteiger partial charge in [0.15, 0.2) is 0 Å². The van der Waals surface area contributed by atoms with Crippen molar-refractivity contribution in [2.45, 2.75) is 25.3 Å². The predicted molar refractivity (Wildman–Crippen MR) is 89.2 cm³/mol. The summed E-state index contributed by atoms with van der Waals surface area (Å²) < 4.78 is 0. The maximum absolute atomic E-state index is 12.3. The molecule has 6 heteroatoms. The zero-order chi connectivity index (χ0) is 16.5. The van der Waals surface area contributed by atoms with Gasteiger partial charge in [-0.3, -0.25) is 14.7 Å². The Morgan fingerprint density at radius 2 is 2.08 bits per heavy atom. The molecule has 2 aliphatic rings. The summed E-state index contributed by atoms with van der Waals surface area (Å²) in [6.45, 7) is 0.892. The Labute approximate surface area is 140 Å². The number of fused-ring (bicyclic) bond motifs is 2. The van der Waals surface area contributed by atoms with Crippen LogP contribution >= 0.6 is 0 Å². The van der Waals surface area contributed by atoms with Crippen LogP contribution in [0.25, 0.3) is 11.3 Å². The lowest BCUT2D eigenvalue weighted by molar-refractivity contribution is -0.131. The van der Waals surface area contributed by atoms with Gasteiger partial charge in [-0.2, -0.15) is 5.10 Å². The molecule has 2 heterocycles. The number of hydrogen-bond acceptors (Lipinski definition) is 3. The molecular formula is C18H20N4O2. The summed E-state index contributed by atoms with van der Waals surface area (Å²) in [5, 5.41) is 9.60. The van der Waals surface area contributed by atoms with Crippen LogP contribution in [0.3, 0.4) is 0 Å². The summed E-state index contributed by atoms with van der Waals surface area (Å²) in [6, 6.07) is 11.7. The second-order valence-electron chi connectivity index (χ2n) is 6.59. The quantitative estimate of drug-likeness (QED) is 0.900. The maximum Gasteiger partial charge on any atom is 0.269 e. The fourth-order valence-corrected chi connectivity index (χ4v) is 3.78. The van der Waals surface area contributed by atoms with Crippen LogP contribution in [0, 0.1) is 5.92 Å². The number of aromatic nitrogens is 2. The first-order chi connectivity index (χ1) is 11.7. The zero-order valence-electron chi connectivity index (χ0n) is 13.4. The van der Waals surface area contributed by atoms with Crippen molar-refractivity contribution >= 4 is 11.8 Å². The number of rotatable bonds is 4. The summed E-state index contributed by atoms with van der Waals surface area (Å²) in [4.78, 5) is 26.4. The number of piperidine rings is 1. The molecule has 1 aliphatic carbocycles. The van der Waals surface area contributed by atoms with Crippen molar-refractivity contribution < 1.29 is 9.59 Å². The number of hydrogen-bond donors (Lipinski definition) is 2. The smallest absolute Gasteiger partial charge is 0.269 e. The van der Waals surface area contributed by atoms with Gasteiger partial charge in [0.05, 0.1) is 12.2 Å². The fourth-order valence-electron chi connectivity index (χ4n) is 3.78. The summed E-state index contributed by atoms with van der Waals surface area (Å²) in [5.74, 6) is 0.372. The van der Waals surface area contributed by atoms with E-state index in [2.05, 4.69) is 15.5 Å². The molecule has 2 amide bonds. The first kappa shape index (κ1) is 14.9.